The minimum absolute atomic E-state index is 0.0767. The van der Waals surface area contributed by atoms with Crippen molar-refractivity contribution in [3.05, 3.63) is 0 Å². The number of hydrogen-bond acceptors (Lipinski definition) is 3. The van der Waals surface area contributed by atoms with Gasteiger partial charge in [0.2, 0.25) is 5.91 Å². The van der Waals surface area contributed by atoms with Gasteiger partial charge in [-0.05, 0) is 43.7 Å². The van der Waals surface area contributed by atoms with Crippen LogP contribution in [0.3, 0.4) is 0 Å². The van der Waals surface area contributed by atoms with Crippen molar-refractivity contribution in [3.8, 4) is 0 Å². The quantitative estimate of drug-likeness (QED) is 0.780. The van der Waals surface area contributed by atoms with E-state index in [9.17, 15) is 4.79 Å². The van der Waals surface area contributed by atoms with E-state index in [2.05, 4.69) is 10.2 Å². The molecule has 1 amide bonds. The highest BCUT2D eigenvalue weighted by atomic mass is 32.2. The molecule has 0 aliphatic carbocycles. The van der Waals surface area contributed by atoms with E-state index in [1.165, 1.54) is 17.9 Å². The molecule has 0 spiro atoms. The maximum Gasteiger partial charge on any atom is 0.239 e. The number of amides is 1. The highest BCUT2D eigenvalue weighted by Gasteiger charge is 2.29. The smallest absolute Gasteiger partial charge is 0.239 e. The number of piperidine rings is 1. The highest BCUT2D eigenvalue weighted by Crippen LogP contribution is 2.25. The summed E-state index contributed by atoms with van der Waals surface area (Å²) in [7, 11) is 1.89. The summed E-state index contributed by atoms with van der Waals surface area (Å²) in [6.07, 6.45) is 3.45. The molecular formula is C11H20N2OS. The number of nitrogens with zero attached hydrogens (tertiary/aromatic N) is 1. The van der Waals surface area contributed by atoms with Crippen molar-refractivity contribution >= 4 is 17.7 Å². The highest BCUT2D eigenvalue weighted by molar-refractivity contribution is 7.99. The monoisotopic (exact) mass is 228 g/mol. The summed E-state index contributed by atoms with van der Waals surface area (Å²) >= 11 is 2.02. The van der Waals surface area contributed by atoms with Gasteiger partial charge in [-0.1, -0.05) is 0 Å². The van der Waals surface area contributed by atoms with E-state index in [0.717, 1.165) is 31.8 Å². The summed E-state index contributed by atoms with van der Waals surface area (Å²) in [6.45, 7) is 1.96. The molecule has 0 saturated carbocycles. The molecule has 15 heavy (non-hydrogen) atoms. The zero-order chi connectivity index (χ0) is 10.7. The Hall–Kier alpha value is -0.220. The number of carbonyl (C=O) groups is 1. The second-order valence-corrected chi connectivity index (χ2v) is 5.65. The van der Waals surface area contributed by atoms with Crippen LogP contribution in [0.4, 0.5) is 0 Å². The SMILES string of the molecule is CNC1CCCN(CC2CCSC2)C1=O. The van der Waals surface area contributed by atoms with Crippen LogP contribution in [0, 0.1) is 5.92 Å². The van der Waals surface area contributed by atoms with Gasteiger partial charge in [0.1, 0.15) is 0 Å². The van der Waals surface area contributed by atoms with Crippen LogP contribution in [-0.2, 0) is 4.79 Å². The maximum atomic E-state index is 12.0. The van der Waals surface area contributed by atoms with Crippen molar-refractivity contribution in [3.63, 3.8) is 0 Å². The number of nitrogens with one attached hydrogen (secondary N) is 1. The van der Waals surface area contributed by atoms with Crippen molar-refractivity contribution in [2.75, 3.05) is 31.6 Å². The van der Waals surface area contributed by atoms with E-state index >= 15 is 0 Å². The van der Waals surface area contributed by atoms with Crippen molar-refractivity contribution < 1.29 is 4.79 Å². The minimum atomic E-state index is 0.0767. The predicted molar refractivity (Wildman–Crippen MR) is 64.1 cm³/mol. The summed E-state index contributed by atoms with van der Waals surface area (Å²) in [4.78, 5) is 14.1. The number of likely N-dealkylation sites (N-methyl/N-ethyl adjacent to an activating group) is 1. The lowest BCUT2D eigenvalue weighted by atomic mass is 10.0. The standard InChI is InChI=1S/C11H20N2OS/c1-12-10-3-2-5-13(11(10)14)7-9-4-6-15-8-9/h9-10,12H,2-8H2,1H3. The first-order valence-electron chi connectivity index (χ1n) is 5.85. The number of hydrogen-bond donors (Lipinski definition) is 1. The molecule has 0 aromatic carbocycles. The van der Waals surface area contributed by atoms with Gasteiger partial charge in [-0.15, -0.1) is 0 Å². The molecule has 3 nitrogen and oxygen atoms in total. The average Bonchev–Trinajstić information content (AvgIpc) is 2.74. The molecule has 0 bridgehead atoms. The Morgan fingerprint density at radius 1 is 1.53 bits per heavy atom. The molecule has 0 aromatic rings. The summed E-state index contributed by atoms with van der Waals surface area (Å²) in [6, 6.07) is 0.0767. The van der Waals surface area contributed by atoms with E-state index in [-0.39, 0.29) is 6.04 Å². The molecule has 2 aliphatic heterocycles. The second-order valence-electron chi connectivity index (χ2n) is 4.50. The van der Waals surface area contributed by atoms with E-state index in [1.807, 2.05) is 18.8 Å². The third-order valence-corrected chi connectivity index (χ3v) is 4.61. The lowest BCUT2D eigenvalue weighted by Gasteiger charge is -2.33. The Morgan fingerprint density at radius 3 is 3.07 bits per heavy atom. The Labute approximate surface area is 96.0 Å². The lowest BCUT2D eigenvalue weighted by Crippen LogP contribution is -2.50. The van der Waals surface area contributed by atoms with Crippen molar-refractivity contribution in [2.24, 2.45) is 5.92 Å². The summed E-state index contributed by atoms with van der Waals surface area (Å²) in [5.74, 6) is 3.59. The van der Waals surface area contributed by atoms with Gasteiger partial charge >= 0.3 is 0 Å². The largest absolute Gasteiger partial charge is 0.341 e. The zero-order valence-electron chi connectivity index (χ0n) is 9.37. The van der Waals surface area contributed by atoms with Crippen LogP contribution >= 0.6 is 11.8 Å². The lowest BCUT2D eigenvalue weighted by molar-refractivity contribution is -0.136. The van der Waals surface area contributed by atoms with Gasteiger partial charge in [-0.25, -0.2) is 0 Å². The Morgan fingerprint density at radius 2 is 2.40 bits per heavy atom. The van der Waals surface area contributed by atoms with Gasteiger partial charge in [-0.2, -0.15) is 11.8 Å². The van der Waals surface area contributed by atoms with E-state index in [4.69, 9.17) is 0 Å². The Kier molecular flexibility index (Phi) is 3.92. The molecular weight excluding hydrogens is 208 g/mol. The van der Waals surface area contributed by atoms with Crippen molar-refractivity contribution in [2.45, 2.75) is 25.3 Å². The number of likely N-dealkylation sites (tertiary alicyclic amines) is 1. The van der Waals surface area contributed by atoms with Crippen LogP contribution in [0.5, 0.6) is 0 Å². The van der Waals surface area contributed by atoms with Crippen LogP contribution in [0.15, 0.2) is 0 Å². The fraction of sp³-hybridized carbons (Fsp3) is 0.909. The Balaban J connectivity index is 1.87. The molecule has 86 valence electrons. The summed E-state index contributed by atoms with van der Waals surface area (Å²) in [5.41, 5.74) is 0. The molecule has 4 heteroatoms. The van der Waals surface area contributed by atoms with Gasteiger partial charge in [0.15, 0.2) is 0 Å². The van der Waals surface area contributed by atoms with Gasteiger partial charge in [0.25, 0.3) is 0 Å². The molecule has 1 N–H and O–H groups in total. The fourth-order valence-electron chi connectivity index (χ4n) is 2.43. The van der Waals surface area contributed by atoms with Gasteiger partial charge in [0.05, 0.1) is 6.04 Å². The third kappa shape index (κ3) is 2.67. The predicted octanol–water partition coefficient (Wildman–Crippen LogP) is 0.950. The van der Waals surface area contributed by atoms with Gasteiger partial charge in [0, 0.05) is 13.1 Å². The summed E-state index contributed by atoms with van der Waals surface area (Å²) in [5, 5.41) is 3.11. The normalized spacial score (nSPS) is 32.3. The van der Waals surface area contributed by atoms with Gasteiger partial charge in [-0.3, -0.25) is 4.79 Å². The molecule has 2 heterocycles. The topological polar surface area (TPSA) is 32.3 Å². The summed E-state index contributed by atoms with van der Waals surface area (Å²) < 4.78 is 0. The van der Waals surface area contributed by atoms with Crippen LogP contribution in [0.25, 0.3) is 0 Å². The van der Waals surface area contributed by atoms with E-state index in [0.29, 0.717) is 5.91 Å². The van der Waals surface area contributed by atoms with Crippen molar-refractivity contribution in [1.82, 2.24) is 10.2 Å². The van der Waals surface area contributed by atoms with Crippen LogP contribution in [0.1, 0.15) is 19.3 Å². The molecule has 2 aliphatic rings. The maximum absolute atomic E-state index is 12.0. The van der Waals surface area contributed by atoms with Crippen LogP contribution < -0.4 is 5.32 Å². The number of thioether (sulfide) groups is 1. The van der Waals surface area contributed by atoms with Gasteiger partial charge < -0.3 is 10.2 Å². The van der Waals surface area contributed by atoms with E-state index in [1.54, 1.807) is 0 Å². The fourth-order valence-corrected chi connectivity index (χ4v) is 3.70. The van der Waals surface area contributed by atoms with E-state index < -0.39 is 0 Å². The van der Waals surface area contributed by atoms with Crippen LogP contribution in [-0.4, -0.2) is 48.5 Å². The van der Waals surface area contributed by atoms with Crippen LogP contribution in [0.2, 0.25) is 0 Å². The molecule has 2 saturated heterocycles. The molecule has 2 unspecified atom stereocenters. The first-order valence-corrected chi connectivity index (χ1v) is 7.00. The average molecular weight is 228 g/mol. The molecule has 2 rings (SSSR count). The number of carbonyl (C=O) groups excluding carboxylic acids is 1. The minimum Gasteiger partial charge on any atom is -0.341 e. The third-order valence-electron chi connectivity index (χ3n) is 3.38. The first-order chi connectivity index (χ1) is 7.31. The molecule has 0 aromatic heterocycles. The number of rotatable bonds is 3. The molecule has 2 atom stereocenters. The second kappa shape index (κ2) is 5.21. The molecule has 2 fully saturated rings. The zero-order valence-corrected chi connectivity index (χ0v) is 10.2. The molecule has 0 radical (unpaired) electrons. The van der Waals surface area contributed by atoms with Crippen molar-refractivity contribution in [1.29, 1.82) is 0 Å². The Bertz CT molecular complexity index is 229. The first kappa shape index (κ1) is 11.3.